The summed E-state index contributed by atoms with van der Waals surface area (Å²) in [5.74, 6) is -0.0250. The van der Waals surface area contributed by atoms with Gasteiger partial charge in [0.25, 0.3) is 0 Å². The smallest absolute Gasteiger partial charge is 0.239 e. The highest BCUT2D eigenvalue weighted by Gasteiger charge is 2.15. The average Bonchev–Trinajstić information content (AvgIpc) is 2.25. The second kappa shape index (κ2) is 9.45. The van der Waals surface area contributed by atoms with E-state index in [0.717, 1.165) is 18.2 Å². The fourth-order valence-electron chi connectivity index (χ4n) is 1.45. The maximum atomic E-state index is 11.8. The highest BCUT2D eigenvalue weighted by Crippen LogP contribution is 2.02. The van der Waals surface area contributed by atoms with Gasteiger partial charge in [-0.15, -0.1) is 0 Å². The molecule has 0 rings (SSSR count). The van der Waals surface area contributed by atoms with Crippen LogP contribution in [0.4, 0.5) is 0 Å². The van der Waals surface area contributed by atoms with Crippen molar-refractivity contribution in [1.29, 1.82) is 0 Å². The van der Waals surface area contributed by atoms with Crippen LogP contribution in [0.1, 0.15) is 40.0 Å². The molecule has 17 heavy (non-hydrogen) atoms. The van der Waals surface area contributed by atoms with Gasteiger partial charge in [0.1, 0.15) is 0 Å². The molecule has 0 heterocycles. The lowest BCUT2D eigenvalue weighted by molar-refractivity contribution is -0.136. The number of amides is 2. The van der Waals surface area contributed by atoms with Crippen molar-refractivity contribution in [1.82, 2.24) is 10.2 Å². The van der Waals surface area contributed by atoms with Crippen LogP contribution < -0.4 is 5.32 Å². The lowest BCUT2D eigenvalue weighted by Gasteiger charge is -2.21. The van der Waals surface area contributed by atoms with Crippen LogP contribution in [-0.2, 0) is 9.59 Å². The van der Waals surface area contributed by atoms with Crippen LogP contribution in [0.2, 0.25) is 0 Å². The van der Waals surface area contributed by atoms with Crippen molar-refractivity contribution in [2.24, 2.45) is 0 Å². The van der Waals surface area contributed by atoms with E-state index in [4.69, 9.17) is 0 Å². The summed E-state index contributed by atoms with van der Waals surface area (Å²) < 4.78 is 0. The summed E-state index contributed by atoms with van der Waals surface area (Å²) >= 11 is 3.33. The van der Waals surface area contributed by atoms with Crippen LogP contribution >= 0.6 is 15.9 Å². The number of hydrogen-bond donors (Lipinski definition) is 1. The number of hydrogen-bond acceptors (Lipinski definition) is 2. The summed E-state index contributed by atoms with van der Waals surface area (Å²) in [6.07, 6.45) is 2.38. The lowest BCUT2D eigenvalue weighted by Crippen LogP contribution is -2.42. The summed E-state index contributed by atoms with van der Waals surface area (Å²) in [5, 5.41) is 3.71. The predicted octanol–water partition coefficient (Wildman–Crippen LogP) is 1.92. The first-order valence-corrected chi connectivity index (χ1v) is 7.26. The van der Waals surface area contributed by atoms with Gasteiger partial charge in [0, 0.05) is 24.3 Å². The van der Waals surface area contributed by atoms with Gasteiger partial charge < -0.3 is 10.2 Å². The van der Waals surface area contributed by atoms with Crippen molar-refractivity contribution < 1.29 is 9.59 Å². The van der Waals surface area contributed by atoms with E-state index in [1.54, 1.807) is 4.90 Å². The molecule has 0 aliphatic heterocycles. The van der Waals surface area contributed by atoms with Crippen LogP contribution in [0.15, 0.2) is 0 Å². The molecule has 0 unspecified atom stereocenters. The molecule has 0 radical (unpaired) electrons. The molecular weight excluding hydrogens is 284 g/mol. The summed E-state index contributed by atoms with van der Waals surface area (Å²) in [6, 6.07) is 0.115. The SMILES string of the molecule is CCN(CC(=O)NC(C)C)C(=O)CCCCBr. The summed E-state index contributed by atoms with van der Waals surface area (Å²) in [6.45, 7) is 6.46. The number of unbranched alkanes of at least 4 members (excludes halogenated alkanes) is 1. The average molecular weight is 307 g/mol. The predicted molar refractivity (Wildman–Crippen MR) is 73.2 cm³/mol. The number of rotatable bonds is 8. The third kappa shape index (κ3) is 8.18. The maximum absolute atomic E-state index is 11.8. The number of likely N-dealkylation sites (N-methyl/N-ethyl adjacent to an activating group) is 1. The number of carbonyl (C=O) groups excluding carboxylic acids is 2. The third-order valence-electron chi connectivity index (χ3n) is 2.29. The number of nitrogens with zero attached hydrogens (tertiary/aromatic N) is 1. The third-order valence-corrected chi connectivity index (χ3v) is 2.85. The molecule has 5 heteroatoms. The van der Waals surface area contributed by atoms with Crippen LogP contribution in [0.3, 0.4) is 0 Å². The Hall–Kier alpha value is -0.580. The minimum Gasteiger partial charge on any atom is -0.352 e. The Bertz CT molecular complexity index is 245. The van der Waals surface area contributed by atoms with Gasteiger partial charge in [0.2, 0.25) is 11.8 Å². The molecular formula is C12H23BrN2O2. The number of carbonyl (C=O) groups is 2. The molecule has 2 amide bonds. The molecule has 0 aromatic heterocycles. The fourth-order valence-corrected chi connectivity index (χ4v) is 1.84. The van der Waals surface area contributed by atoms with Crippen LogP contribution in [0.5, 0.6) is 0 Å². The molecule has 0 fully saturated rings. The molecule has 0 aromatic carbocycles. The van der Waals surface area contributed by atoms with Gasteiger partial charge in [0.15, 0.2) is 0 Å². The Morgan fingerprint density at radius 3 is 2.41 bits per heavy atom. The van der Waals surface area contributed by atoms with Crippen molar-refractivity contribution in [3.05, 3.63) is 0 Å². The van der Waals surface area contributed by atoms with Crippen molar-refractivity contribution >= 4 is 27.7 Å². The van der Waals surface area contributed by atoms with E-state index in [9.17, 15) is 9.59 Å². The van der Waals surface area contributed by atoms with E-state index in [-0.39, 0.29) is 24.4 Å². The minimum absolute atomic E-state index is 0.0624. The molecule has 0 atom stereocenters. The standard InChI is InChI=1S/C12H23BrN2O2/c1-4-15(9-11(16)14-10(2)3)12(17)7-5-6-8-13/h10H,4-9H2,1-3H3,(H,14,16). The molecule has 0 aliphatic carbocycles. The zero-order valence-corrected chi connectivity index (χ0v) is 12.5. The largest absolute Gasteiger partial charge is 0.352 e. The first-order chi connectivity index (χ1) is 8.01. The van der Waals surface area contributed by atoms with Gasteiger partial charge in [-0.05, 0) is 33.6 Å². The Kier molecular flexibility index (Phi) is 9.13. The zero-order valence-electron chi connectivity index (χ0n) is 11.0. The number of nitrogens with one attached hydrogen (secondary N) is 1. The molecule has 0 aromatic rings. The minimum atomic E-state index is -0.0873. The molecule has 4 nitrogen and oxygen atoms in total. The van der Waals surface area contributed by atoms with E-state index < -0.39 is 0 Å². The molecule has 0 saturated carbocycles. The van der Waals surface area contributed by atoms with E-state index >= 15 is 0 Å². The molecule has 100 valence electrons. The maximum Gasteiger partial charge on any atom is 0.239 e. The Balaban J connectivity index is 4.04. The monoisotopic (exact) mass is 306 g/mol. The second-order valence-corrected chi connectivity index (χ2v) is 5.07. The topological polar surface area (TPSA) is 49.4 Å². The van der Waals surface area contributed by atoms with Crippen molar-refractivity contribution in [2.45, 2.75) is 46.1 Å². The van der Waals surface area contributed by atoms with Gasteiger partial charge >= 0.3 is 0 Å². The van der Waals surface area contributed by atoms with Gasteiger partial charge in [-0.25, -0.2) is 0 Å². The van der Waals surface area contributed by atoms with E-state index in [0.29, 0.717) is 13.0 Å². The fraction of sp³-hybridized carbons (Fsp3) is 0.833. The summed E-state index contributed by atoms with van der Waals surface area (Å²) in [7, 11) is 0. The second-order valence-electron chi connectivity index (χ2n) is 4.28. The van der Waals surface area contributed by atoms with E-state index in [1.807, 2.05) is 20.8 Å². The molecule has 0 saturated heterocycles. The quantitative estimate of drug-likeness (QED) is 0.550. The Morgan fingerprint density at radius 2 is 1.94 bits per heavy atom. The first-order valence-electron chi connectivity index (χ1n) is 6.14. The molecule has 0 aliphatic rings. The molecule has 0 bridgehead atoms. The number of alkyl halides is 1. The van der Waals surface area contributed by atoms with Crippen LogP contribution in [-0.4, -0.2) is 41.2 Å². The lowest BCUT2D eigenvalue weighted by atomic mass is 10.2. The normalized spacial score (nSPS) is 10.4. The van der Waals surface area contributed by atoms with Gasteiger partial charge in [-0.2, -0.15) is 0 Å². The first kappa shape index (κ1) is 16.4. The van der Waals surface area contributed by atoms with Crippen LogP contribution in [0.25, 0.3) is 0 Å². The zero-order chi connectivity index (χ0) is 13.3. The number of halogens is 1. The van der Waals surface area contributed by atoms with Crippen LogP contribution in [0, 0.1) is 0 Å². The van der Waals surface area contributed by atoms with Crippen molar-refractivity contribution in [3.63, 3.8) is 0 Å². The highest BCUT2D eigenvalue weighted by atomic mass is 79.9. The Labute approximate surface area is 112 Å². The summed E-state index contributed by atoms with van der Waals surface area (Å²) in [4.78, 5) is 24.9. The highest BCUT2D eigenvalue weighted by molar-refractivity contribution is 9.09. The van der Waals surface area contributed by atoms with Gasteiger partial charge in [0.05, 0.1) is 6.54 Å². The molecule has 1 N–H and O–H groups in total. The van der Waals surface area contributed by atoms with E-state index in [1.165, 1.54) is 0 Å². The van der Waals surface area contributed by atoms with Crippen molar-refractivity contribution in [3.8, 4) is 0 Å². The van der Waals surface area contributed by atoms with Gasteiger partial charge in [-0.1, -0.05) is 15.9 Å². The molecule has 0 spiro atoms. The Morgan fingerprint density at radius 1 is 1.29 bits per heavy atom. The summed E-state index contributed by atoms with van der Waals surface area (Å²) in [5.41, 5.74) is 0. The van der Waals surface area contributed by atoms with Gasteiger partial charge in [-0.3, -0.25) is 9.59 Å². The van der Waals surface area contributed by atoms with E-state index in [2.05, 4.69) is 21.2 Å². The van der Waals surface area contributed by atoms with Crippen molar-refractivity contribution in [2.75, 3.05) is 18.4 Å².